The minimum absolute atomic E-state index is 0.0404. The summed E-state index contributed by atoms with van der Waals surface area (Å²) in [5, 5.41) is 10.3. The number of rotatable bonds is 2. The van der Waals surface area contributed by atoms with Crippen molar-refractivity contribution in [3.05, 3.63) is 71.8 Å². The monoisotopic (exact) mass is 254 g/mol. The van der Waals surface area contributed by atoms with Crippen molar-refractivity contribution in [3.8, 4) is 0 Å². The number of ether oxygens (including phenoxy) is 1. The molecule has 1 saturated heterocycles. The van der Waals surface area contributed by atoms with E-state index in [-0.39, 0.29) is 11.5 Å². The van der Waals surface area contributed by atoms with Gasteiger partial charge in [-0.15, -0.1) is 0 Å². The topological polar surface area (TPSA) is 29.5 Å². The maximum atomic E-state index is 10.3. The number of benzene rings is 2. The van der Waals surface area contributed by atoms with Gasteiger partial charge in [-0.2, -0.15) is 0 Å². The van der Waals surface area contributed by atoms with Crippen LogP contribution in [0.15, 0.2) is 60.7 Å². The molecule has 98 valence electrons. The summed E-state index contributed by atoms with van der Waals surface area (Å²) >= 11 is 0. The molecular formula is C17H18O2. The maximum absolute atomic E-state index is 10.3. The molecule has 0 bridgehead atoms. The van der Waals surface area contributed by atoms with Gasteiger partial charge in [-0.25, -0.2) is 0 Å². The third kappa shape index (κ3) is 2.18. The highest BCUT2D eigenvalue weighted by atomic mass is 16.6. The molecule has 3 unspecified atom stereocenters. The van der Waals surface area contributed by atoms with Crippen LogP contribution in [-0.2, 0) is 10.2 Å². The Kier molecular flexibility index (Phi) is 3.13. The van der Waals surface area contributed by atoms with E-state index in [1.54, 1.807) is 0 Å². The standard InChI is InChI=1S/C17H18O2/c1-17(14-10-6-3-7-11-14)12-15(19-16(17)18)13-8-4-2-5-9-13/h2-11,15-16,18H,12H2,1H3. The second kappa shape index (κ2) is 4.80. The molecular weight excluding hydrogens is 236 g/mol. The Hall–Kier alpha value is -1.64. The lowest BCUT2D eigenvalue weighted by Crippen LogP contribution is -2.31. The Morgan fingerprint density at radius 3 is 2.21 bits per heavy atom. The molecule has 1 aliphatic heterocycles. The number of aliphatic hydroxyl groups excluding tert-OH is 1. The molecule has 2 aromatic carbocycles. The van der Waals surface area contributed by atoms with Gasteiger partial charge in [-0.3, -0.25) is 0 Å². The molecule has 2 heteroatoms. The fourth-order valence-corrected chi connectivity index (χ4v) is 2.78. The molecule has 2 nitrogen and oxygen atoms in total. The summed E-state index contributed by atoms with van der Waals surface area (Å²) in [5.41, 5.74) is 1.91. The molecule has 1 fully saturated rings. The lowest BCUT2D eigenvalue weighted by molar-refractivity contribution is -0.114. The van der Waals surface area contributed by atoms with Crippen LogP contribution in [0.25, 0.3) is 0 Å². The predicted molar refractivity (Wildman–Crippen MR) is 74.7 cm³/mol. The van der Waals surface area contributed by atoms with Crippen LogP contribution in [0, 0.1) is 0 Å². The third-order valence-corrected chi connectivity index (χ3v) is 4.05. The first-order valence-corrected chi connectivity index (χ1v) is 6.64. The molecule has 3 atom stereocenters. The summed E-state index contributed by atoms with van der Waals surface area (Å²) in [6.07, 6.45) is -0.0103. The molecule has 0 amide bonds. The quantitative estimate of drug-likeness (QED) is 0.889. The van der Waals surface area contributed by atoms with Crippen LogP contribution in [0.4, 0.5) is 0 Å². The lowest BCUT2D eigenvalue weighted by Gasteiger charge is -2.26. The molecule has 0 saturated carbocycles. The van der Waals surface area contributed by atoms with Crippen molar-refractivity contribution >= 4 is 0 Å². The van der Waals surface area contributed by atoms with Gasteiger partial charge < -0.3 is 9.84 Å². The van der Waals surface area contributed by atoms with E-state index in [4.69, 9.17) is 4.74 Å². The fraction of sp³-hybridized carbons (Fsp3) is 0.294. The van der Waals surface area contributed by atoms with Crippen LogP contribution in [-0.4, -0.2) is 11.4 Å². The van der Waals surface area contributed by atoms with Gasteiger partial charge in [0.2, 0.25) is 0 Å². The van der Waals surface area contributed by atoms with Gasteiger partial charge in [0.15, 0.2) is 6.29 Å². The Morgan fingerprint density at radius 1 is 1.00 bits per heavy atom. The number of hydrogen-bond donors (Lipinski definition) is 1. The van der Waals surface area contributed by atoms with Gasteiger partial charge in [0.1, 0.15) is 0 Å². The average Bonchev–Trinajstić information content (AvgIpc) is 2.78. The molecule has 0 spiro atoms. The van der Waals surface area contributed by atoms with E-state index in [1.807, 2.05) is 48.5 Å². The highest BCUT2D eigenvalue weighted by Crippen LogP contribution is 2.46. The Bertz CT molecular complexity index is 538. The number of hydrogen-bond acceptors (Lipinski definition) is 2. The SMILES string of the molecule is CC1(c2ccccc2)CC(c2ccccc2)OC1O. The molecule has 2 aromatic rings. The van der Waals surface area contributed by atoms with E-state index in [0.29, 0.717) is 0 Å². The van der Waals surface area contributed by atoms with Crippen LogP contribution < -0.4 is 0 Å². The fourth-order valence-electron chi connectivity index (χ4n) is 2.78. The lowest BCUT2D eigenvalue weighted by atomic mass is 9.78. The molecule has 0 aliphatic carbocycles. The second-order valence-corrected chi connectivity index (χ2v) is 5.38. The predicted octanol–water partition coefficient (Wildman–Crippen LogP) is 3.42. The minimum Gasteiger partial charge on any atom is -0.367 e. The van der Waals surface area contributed by atoms with Crippen molar-refractivity contribution in [2.45, 2.75) is 31.2 Å². The van der Waals surface area contributed by atoms with Crippen molar-refractivity contribution < 1.29 is 9.84 Å². The summed E-state index contributed by atoms with van der Waals surface area (Å²) in [6.45, 7) is 2.07. The third-order valence-electron chi connectivity index (χ3n) is 4.05. The minimum atomic E-state index is -0.764. The molecule has 19 heavy (non-hydrogen) atoms. The van der Waals surface area contributed by atoms with Crippen molar-refractivity contribution in [2.75, 3.05) is 0 Å². The molecule has 3 rings (SSSR count). The molecule has 1 heterocycles. The summed E-state index contributed by atoms with van der Waals surface area (Å²) in [4.78, 5) is 0. The van der Waals surface area contributed by atoms with E-state index in [1.165, 1.54) is 0 Å². The van der Waals surface area contributed by atoms with Gasteiger partial charge in [0, 0.05) is 5.41 Å². The van der Waals surface area contributed by atoms with Crippen molar-refractivity contribution in [3.63, 3.8) is 0 Å². The second-order valence-electron chi connectivity index (χ2n) is 5.38. The summed E-state index contributed by atoms with van der Waals surface area (Å²) < 4.78 is 5.77. The molecule has 0 aromatic heterocycles. The Balaban J connectivity index is 1.90. The first-order chi connectivity index (χ1) is 9.20. The van der Waals surface area contributed by atoms with Crippen molar-refractivity contribution in [1.29, 1.82) is 0 Å². The number of aliphatic hydroxyl groups is 1. The first kappa shape index (κ1) is 12.4. The highest BCUT2D eigenvalue weighted by molar-refractivity contribution is 5.29. The van der Waals surface area contributed by atoms with Gasteiger partial charge in [-0.1, -0.05) is 67.6 Å². The Labute approximate surface area is 113 Å². The van der Waals surface area contributed by atoms with Crippen LogP contribution in [0.5, 0.6) is 0 Å². The summed E-state index contributed by atoms with van der Waals surface area (Å²) in [5.74, 6) is 0. The van der Waals surface area contributed by atoms with E-state index in [2.05, 4.69) is 19.1 Å². The maximum Gasteiger partial charge on any atom is 0.164 e. The van der Waals surface area contributed by atoms with Crippen LogP contribution in [0.2, 0.25) is 0 Å². The van der Waals surface area contributed by atoms with Gasteiger partial charge in [0.05, 0.1) is 6.10 Å². The van der Waals surface area contributed by atoms with Crippen molar-refractivity contribution in [2.24, 2.45) is 0 Å². The Morgan fingerprint density at radius 2 is 1.58 bits per heavy atom. The zero-order valence-electron chi connectivity index (χ0n) is 11.0. The van der Waals surface area contributed by atoms with E-state index in [0.717, 1.165) is 17.5 Å². The normalized spacial score (nSPS) is 30.4. The van der Waals surface area contributed by atoms with Crippen molar-refractivity contribution in [1.82, 2.24) is 0 Å². The van der Waals surface area contributed by atoms with Gasteiger partial charge >= 0.3 is 0 Å². The largest absolute Gasteiger partial charge is 0.367 e. The zero-order valence-corrected chi connectivity index (χ0v) is 11.0. The van der Waals surface area contributed by atoms with Crippen LogP contribution in [0.1, 0.15) is 30.6 Å². The van der Waals surface area contributed by atoms with E-state index < -0.39 is 6.29 Å². The zero-order chi connectivity index (χ0) is 13.3. The van der Waals surface area contributed by atoms with E-state index in [9.17, 15) is 5.11 Å². The highest BCUT2D eigenvalue weighted by Gasteiger charge is 2.45. The molecule has 1 aliphatic rings. The summed E-state index contributed by atoms with van der Waals surface area (Å²) in [6, 6.07) is 20.2. The smallest absolute Gasteiger partial charge is 0.164 e. The molecule has 0 radical (unpaired) electrons. The van der Waals surface area contributed by atoms with Gasteiger partial charge in [0.25, 0.3) is 0 Å². The first-order valence-electron chi connectivity index (χ1n) is 6.64. The van der Waals surface area contributed by atoms with E-state index >= 15 is 0 Å². The van der Waals surface area contributed by atoms with Crippen LogP contribution in [0.3, 0.4) is 0 Å². The average molecular weight is 254 g/mol. The van der Waals surface area contributed by atoms with Crippen LogP contribution >= 0.6 is 0 Å². The molecule has 1 N–H and O–H groups in total. The summed E-state index contributed by atoms with van der Waals surface area (Å²) in [7, 11) is 0. The van der Waals surface area contributed by atoms with Gasteiger partial charge in [-0.05, 0) is 17.5 Å².